The first-order valence-corrected chi connectivity index (χ1v) is 7.79. The molecule has 6 nitrogen and oxygen atoms in total. The average molecular weight is 300 g/mol. The van der Waals surface area contributed by atoms with Gasteiger partial charge in [-0.05, 0) is 12.8 Å². The molecule has 0 fully saturated rings. The van der Waals surface area contributed by atoms with Gasteiger partial charge >= 0.3 is 5.97 Å². The van der Waals surface area contributed by atoms with E-state index in [-0.39, 0.29) is 25.2 Å². The molecule has 0 spiro atoms. The molecule has 0 aliphatic heterocycles. The number of nitrogens with two attached hydrogens (primary N) is 1. The van der Waals surface area contributed by atoms with E-state index in [2.05, 4.69) is 5.32 Å². The zero-order valence-corrected chi connectivity index (χ0v) is 12.7. The van der Waals surface area contributed by atoms with Crippen LogP contribution in [-0.4, -0.2) is 29.4 Å². The van der Waals surface area contributed by atoms with Crippen LogP contribution in [0.1, 0.15) is 70.6 Å². The average Bonchev–Trinajstić information content (AvgIpc) is 2.42. The molecule has 0 aliphatic carbocycles. The van der Waals surface area contributed by atoms with Crippen molar-refractivity contribution in [2.75, 3.05) is 6.54 Å². The molecule has 122 valence electrons. The minimum atomic E-state index is -0.715. The summed E-state index contributed by atoms with van der Waals surface area (Å²) in [5.74, 6) is -1.28. The minimum Gasteiger partial charge on any atom is -0.481 e. The Balaban J connectivity index is 3.17. The Kier molecular flexibility index (Phi) is 12.4. The molecule has 2 amide bonds. The highest BCUT2D eigenvalue weighted by atomic mass is 16.4. The maximum absolute atomic E-state index is 11.3. The maximum Gasteiger partial charge on any atom is 0.303 e. The van der Waals surface area contributed by atoms with Crippen LogP contribution in [0.3, 0.4) is 0 Å². The van der Waals surface area contributed by atoms with Gasteiger partial charge in [0.25, 0.3) is 0 Å². The third kappa shape index (κ3) is 16.4. The summed E-state index contributed by atoms with van der Waals surface area (Å²) >= 11 is 0. The van der Waals surface area contributed by atoms with E-state index in [1.807, 2.05) is 0 Å². The largest absolute Gasteiger partial charge is 0.481 e. The Morgan fingerprint density at radius 3 is 1.81 bits per heavy atom. The van der Waals surface area contributed by atoms with Crippen LogP contribution < -0.4 is 11.1 Å². The van der Waals surface area contributed by atoms with E-state index in [0.29, 0.717) is 6.54 Å². The van der Waals surface area contributed by atoms with Crippen LogP contribution in [-0.2, 0) is 14.4 Å². The summed E-state index contributed by atoms with van der Waals surface area (Å²) in [4.78, 5) is 32.1. The summed E-state index contributed by atoms with van der Waals surface area (Å²) in [5.41, 5.74) is 4.96. The summed E-state index contributed by atoms with van der Waals surface area (Å²) in [6.45, 7) is 0.649. The smallest absolute Gasteiger partial charge is 0.303 e. The van der Waals surface area contributed by atoms with Crippen LogP contribution >= 0.6 is 0 Å². The van der Waals surface area contributed by atoms with Crippen molar-refractivity contribution >= 4 is 17.8 Å². The Bertz CT molecular complexity index is 319. The van der Waals surface area contributed by atoms with Crippen molar-refractivity contribution in [3.8, 4) is 0 Å². The third-order valence-corrected chi connectivity index (χ3v) is 3.24. The van der Waals surface area contributed by atoms with Gasteiger partial charge in [0.05, 0.1) is 0 Å². The second-order valence-electron chi connectivity index (χ2n) is 5.29. The number of amides is 2. The van der Waals surface area contributed by atoms with Crippen molar-refractivity contribution in [3.05, 3.63) is 0 Å². The number of nitrogens with one attached hydrogen (secondary N) is 1. The molecule has 0 radical (unpaired) electrons. The van der Waals surface area contributed by atoms with Crippen LogP contribution in [0.15, 0.2) is 0 Å². The van der Waals surface area contributed by atoms with Gasteiger partial charge in [-0.2, -0.15) is 0 Å². The number of primary amides is 1. The molecule has 0 rings (SSSR count). The van der Waals surface area contributed by atoms with Crippen molar-refractivity contribution in [1.82, 2.24) is 5.32 Å². The molecule has 0 atom stereocenters. The van der Waals surface area contributed by atoms with Crippen molar-refractivity contribution in [2.45, 2.75) is 70.6 Å². The summed E-state index contributed by atoms with van der Waals surface area (Å²) in [6.07, 6.45) is 8.86. The maximum atomic E-state index is 11.3. The lowest BCUT2D eigenvalue weighted by atomic mass is 10.1. The lowest BCUT2D eigenvalue weighted by Crippen LogP contribution is -2.25. The van der Waals surface area contributed by atoms with Gasteiger partial charge in [0.15, 0.2) is 0 Å². The molecule has 0 heterocycles. The number of hydrogen-bond acceptors (Lipinski definition) is 3. The molecule has 0 aromatic carbocycles. The summed E-state index contributed by atoms with van der Waals surface area (Å²) in [5, 5.41) is 11.2. The molecule has 0 unspecified atom stereocenters. The number of carboxylic acid groups (broad SMARTS) is 1. The van der Waals surface area contributed by atoms with Gasteiger partial charge in [-0.25, -0.2) is 0 Å². The normalized spacial score (nSPS) is 10.3. The van der Waals surface area contributed by atoms with Crippen molar-refractivity contribution in [2.24, 2.45) is 5.73 Å². The molecule has 0 aromatic heterocycles. The predicted molar refractivity (Wildman–Crippen MR) is 80.6 cm³/mol. The van der Waals surface area contributed by atoms with Crippen molar-refractivity contribution in [1.29, 1.82) is 0 Å². The Hall–Kier alpha value is -1.59. The number of carbonyl (C=O) groups excluding carboxylic acids is 2. The lowest BCUT2D eigenvalue weighted by Gasteiger charge is -2.04. The molecule has 21 heavy (non-hydrogen) atoms. The first kappa shape index (κ1) is 19.4. The standard InChI is InChI=1S/C15H28N2O4/c16-13(18)10-11-14(19)17-12-8-6-4-2-1-3-5-7-9-15(20)21/h1-12H2,(H2,16,18)(H,17,19)(H,20,21). The van der Waals surface area contributed by atoms with Crippen LogP contribution in [0.25, 0.3) is 0 Å². The predicted octanol–water partition coefficient (Wildman–Crippen LogP) is 1.96. The SMILES string of the molecule is NC(=O)CCC(=O)NCCCCCCCCCCC(=O)O. The summed E-state index contributed by atoms with van der Waals surface area (Å²) < 4.78 is 0. The van der Waals surface area contributed by atoms with E-state index in [1.165, 1.54) is 0 Å². The van der Waals surface area contributed by atoms with Gasteiger partial charge in [-0.15, -0.1) is 0 Å². The topological polar surface area (TPSA) is 109 Å². The van der Waals surface area contributed by atoms with E-state index >= 15 is 0 Å². The Morgan fingerprint density at radius 2 is 1.29 bits per heavy atom. The molecule has 0 bridgehead atoms. The van der Waals surface area contributed by atoms with Gasteiger partial charge < -0.3 is 16.2 Å². The van der Waals surface area contributed by atoms with Crippen LogP contribution in [0.2, 0.25) is 0 Å². The lowest BCUT2D eigenvalue weighted by molar-refractivity contribution is -0.137. The number of aliphatic carboxylic acids is 1. The van der Waals surface area contributed by atoms with E-state index in [9.17, 15) is 14.4 Å². The first-order chi connectivity index (χ1) is 10.0. The van der Waals surface area contributed by atoms with E-state index in [4.69, 9.17) is 10.8 Å². The minimum absolute atomic E-state index is 0.105. The van der Waals surface area contributed by atoms with Gasteiger partial charge in [0.2, 0.25) is 11.8 Å². The van der Waals surface area contributed by atoms with Gasteiger partial charge in [-0.3, -0.25) is 14.4 Å². The van der Waals surface area contributed by atoms with Gasteiger partial charge in [0, 0.05) is 25.8 Å². The number of carboxylic acids is 1. The molecule has 6 heteroatoms. The molecule has 0 saturated heterocycles. The molecular formula is C15H28N2O4. The highest BCUT2D eigenvalue weighted by Crippen LogP contribution is 2.09. The fourth-order valence-electron chi connectivity index (χ4n) is 2.01. The number of carbonyl (C=O) groups is 3. The quantitative estimate of drug-likeness (QED) is 0.426. The summed E-state index contributed by atoms with van der Waals surface area (Å²) in [6, 6.07) is 0. The number of hydrogen-bond donors (Lipinski definition) is 3. The zero-order chi connectivity index (χ0) is 15.9. The third-order valence-electron chi connectivity index (χ3n) is 3.24. The monoisotopic (exact) mass is 300 g/mol. The fourth-order valence-corrected chi connectivity index (χ4v) is 2.01. The van der Waals surface area contributed by atoms with Crippen LogP contribution in [0.4, 0.5) is 0 Å². The van der Waals surface area contributed by atoms with Crippen molar-refractivity contribution < 1.29 is 19.5 Å². The second kappa shape index (κ2) is 13.4. The van der Waals surface area contributed by atoms with E-state index in [0.717, 1.165) is 51.4 Å². The van der Waals surface area contributed by atoms with Gasteiger partial charge in [0.1, 0.15) is 0 Å². The highest BCUT2D eigenvalue weighted by Gasteiger charge is 2.02. The van der Waals surface area contributed by atoms with E-state index in [1.54, 1.807) is 0 Å². The van der Waals surface area contributed by atoms with Crippen molar-refractivity contribution in [3.63, 3.8) is 0 Å². The molecule has 0 aromatic rings. The Morgan fingerprint density at radius 1 is 0.762 bits per heavy atom. The Labute approximate surface area is 126 Å². The molecular weight excluding hydrogens is 272 g/mol. The fraction of sp³-hybridized carbons (Fsp3) is 0.800. The van der Waals surface area contributed by atoms with E-state index < -0.39 is 11.9 Å². The summed E-state index contributed by atoms with van der Waals surface area (Å²) in [7, 11) is 0. The first-order valence-electron chi connectivity index (χ1n) is 7.79. The number of rotatable bonds is 14. The molecule has 4 N–H and O–H groups in total. The van der Waals surface area contributed by atoms with Gasteiger partial charge in [-0.1, -0.05) is 38.5 Å². The number of unbranched alkanes of at least 4 members (excludes halogenated alkanes) is 7. The zero-order valence-electron chi connectivity index (χ0n) is 12.7. The van der Waals surface area contributed by atoms with Crippen LogP contribution in [0, 0.1) is 0 Å². The van der Waals surface area contributed by atoms with Crippen LogP contribution in [0.5, 0.6) is 0 Å². The molecule has 0 aliphatic rings. The highest BCUT2D eigenvalue weighted by molar-refractivity contribution is 5.82. The second-order valence-corrected chi connectivity index (χ2v) is 5.29. The molecule has 0 saturated carbocycles.